The molecule has 0 atom stereocenters. The van der Waals surface area contributed by atoms with Gasteiger partial charge in [0.25, 0.3) is 0 Å². The lowest BCUT2D eigenvalue weighted by molar-refractivity contribution is -0.104. The van der Waals surface area contributed by atoms with E-state index in [1.165, 1.54) is 17.8 Å². The lowest BCUT2D eigenvalue weighted by Gasteiger charge is -2.13. The number of rotatable bonds is 4. The number of allylic oxidation sites excluding steroid dienone is 1. The van der Waals surface area contributed by atoms with Gasteiger partial charge in [-0.1, -0.05) is 23.7 Å². The number of thioether (sulfide) groups is 1. The molecule has 0 radical (unpaired) electrons. The van der Waals surface area contributed by atoms with Gasteiger partial charge < -0.3 is 11.5 Å². The fraction of sp³-hybridized carbons (Fsp3) is 0.0714. The Morgan fingerprint density at radius 1 is 1.29 bits per heavy atom. The van der Waals surface area contributed by atoms with E-state index in [4.69, 9.17) is 23.1 Å². The average Bonchev–Trinajstić information content (AvgIpc) is 2.47. The number of aldehydes is 1. The predicted molar refractivity (Wildman–Crippen MR) is 86.9 cm³/mol. The van der Waals surface area contributed by atoms with Gasteiger partial charge in [-0.15, -0.1) is 11.8 Å². The van der Waals surface area contributed by atoms with E-state index >= 15 is 0 Å². The first kappa shape index (κ1) is 15.3. The molecule has 0 bridgehead atoms. The second-order valence-corrected chi connectivity index (χ2v) is 5.31. The highest BCUT2D eigenvalue weighted by Crippen LogP contribution is 2.32. The van der Waals surface area contributed by atoms with E-state index < -0.39 is 0 Å². The molecule has 1 heterocycles. The van der Waals surface area contributed by atoms with Crippen molar-refractivity contribution >= 4 is 41.3 Å². The Morgan fingerprint density at radius 2 is 1.95 bits per heavy atom. The number of nitrogen functional groups attached to an aromatic ring is 1. The molecule has 1 aromatic heterocycles. The maximum Gasteiger partial charge on any atom is 0.221 e. The number of nitrogens with zero attached hydrogens (tertiary/aromatic N) is 2. The topological polar surface area (TPSA) is 94.9 Å². The van der Waals surface area contributed by atoms with E-state index in [9.17, 15) is 4.79 Å². The molecular formula is C14H13ClN4OS. The quantitative estimate of drug-likeness (QED) is 0.389. The molecule has 1 aromatic carbocycles. The minimum Gasteiger partial charge on any atom is -0.398 e. The van der Waals surface area contributed by atoms with Crippen LogP contribution < -0.4 is 11.5 Å². The van der Waals surface area contributed by atoms with Gasteiger partial charge in [-0.05, 0) is 18.4 Å². The smallest absolute Gasteiger partial charge is 0.221 e. The zero-order valence-electron chi connectivity index (χ0n) is 11.2. The Bertz CT molecular complexity index is 701. The van der Waals surface area contributed by atoms with E-state index in [1.54, 1.807) is 12.1 Å². The van der Waals surface area contributed by atoms with Gasteiger partial charge >= 0.3 is 0 Å². The van der Waals surface area contributed by atoms with Crippen molar-refractivity contribution in [3.8, 4) is 11.3 Å². The van der Waals surface area contributed by atoms with Crippen LogP contribution >= 0.6 is 23.4 Å². The lowest BCUT2D eigenvalue weighted by Crippen LogP contribution is -2.08. The first-order valence-electron chi connectivity index (χ1n) is 5.95. The Labute approximate surface area is 131 Å². The zero-order chi connectivity index (χ0) is 15.4. The zero-order valence-corrected chi connectivity index (χ0v) is 12.8. The fourth-order valence-electron chi connectivity index (χ4n) is 1.84. The molecule has 5 nitrogen and oxygen atoms in total. The Hall–Kier alpha value is -2.05. The molecule has 0 unspecified atom stereocenters. The summed E-state index contributed by atoms with van der Waals surface area (Å²) in [5, 5.41) is 1.23. The summed E-state index contributed by atoms with van der Waals surface area (Å²) in [6.07, 6.45) is 3.75. The van der Waals surface area contributed by atoms with Crippen molar-refractivity contribution in [2.75, 3.05) is 12.0 Å². The SMILES string of the molecule is CSc1nc(N)nc(-c2ccc(Cl)cc2)c1/C(N)=C/C=O. The van der Waals surface area contributed by atoms with Crippen molar-refractivity contribution in [1.82, 2.24) is 9.97 Å². The van der Waals surface area contributed by atoms with Gasteiger partial charge in [0.1, 0.15) is 11.3 Å². The van der Waals surface area contributed by atoms with Crippen molar-refractivity contribution < 1.29 is 4.79 Å². The molecule has 4 N–H and O–H groups in total. The molecule has 0 aliphatic rings. The third kappa shape index (κ3) is 3.34. The minimum absolute atomic E-state index is 0.145. The second-order valence-electron chi connectivity index (χ2n) is 4.08. The van der Waals surface area contributed by atoms with Crippen LogP contribution in [0.1, 0.15) is 5.56 Å². The molecular weight excluding hydrogens is 308 g/mol. The van der Waals surface area contributed by atoms with Crippen LogP contribution in [0, 0.1) is 0 Å². The van der Waals surface area contributed by atoms with Crippen LogP contribution in [-0.2, 0) is 4.79 Å². The average molecular weight is 321 g/mol. The number of benzene rings is 1. The highest BCUT2D eigenvalue weighted by atomic mass is 35.5. The number of halogens is 1. The van der Waals surface area contributed by atoms with Crippen molar-refractivity contribution in [1.29, 1.82) is 0 Å². The van der Waals surface area contributed by atoms with Crippen LogP contribution in [0.3, 0.4) is 0 Å². The number of carbonyl (C=O) groups excluding carboxylic acids is 1. The Kier molecular flexibility index (Phi) is 4.82. The van der Waals surface area contributed by atoms with E-state index in [1.807, 2.05) is 18.4 Å². The predicted octanol–water partition coefficient (Wildman–Crippen LogP) is 2.60. The molecule has 0 amide bonds. The van der Waals surface area contributed by atoms with E-state index in [2.05, 4.69) is 9.97 Å². The molecule has 21 heavy (non-hydrogen) atoms. The van der Waals surface area contributed by atoms with Gasteiger partial charge in [-0.2, -0.15) is 0 Å². The molecule has 7 heteroatoms. The van der Waals surface area contributed by atoms with Crippen LogP contribution in [0.15, 0.2) is 35.4 Å². The molecule has 2 aromatic rings. The number of anilines is 1. The van der Waals surface area contributed by atoms with E-state index in [0.29, 0.717) is 33.3 Å². The van der Waals surface area contributed by atoms with Crippen molar-refractivity contribution in [2.45, 2.75) is 5.03 Å². The summed E-state index contributed by atoms with van der Waals surface area (Å²) in [6.45, 7) is 0. The molecule has 108 valence electrons. The summed E-state index contributed by atoms with van der Waals surface area (Å²) in [5.74, 6) is 0.145. The van der Waals surface area contributed by atoms with Gasteiger partial charge in [0.15, 0.2) is 0 Å². The molecule has 0 saturated heterocycles. The maximum absolute atomic E-state index is 10.7. The molecule has 2 rings (SSSR count). The van der Waals surface area contributed by atoms with Gasteiger partial charge in [0, 0.05) is 22.4 Å². The highest BCUT2D eigenvalue weighted by molar-refractivity contribution is 7.98. The standard InChI is InChI=1S/C14H13ClN4OS/c1-21-13-11(10(16)6-7-20)12(18-14(17)19-13)8-2-4-9(15)5-3-8/h2-7H,16H2,1H3,(H2,17,18,19)/b10-6-. The van der Waals surface area contributed by atoms with Gasteiger partial charge in [0.2, 0.25) is 5.95 Å². The number of carbonyl (C=O) groups is 1. The number of aromatic nitrogens is 2. The van der Waals surface area contributed by atoms with E-state index in [0.717, 1.165) is 5.56 Å². The molecule has 0 saturated carbocycles. The third-order valence-corrected chi connectivity index (χ3v) is 3.67. The van der Waals surface area contributed by atoms with Crippen LogP contribution in [-0.4, -0.2) is 22.5 Å². The molecule has 0 spiro atoms. The van der Waals surface area contributed by atoms with Gasteiger partial charge in [-0.3, -0.25) is 4.79 Å². The van der Waals surface area contributed by atoms with Crippen molar-refractivity contribution in [3.05, 3.63) is 40.9 Å². The van der Waals surface area contributed by atoms with Crippen molar-refractivity contribution in [2.24, 2.45) is 5.73 Å². The summed E-state index contributed by atoms with van der Waals surface area (Å²) in [5.41, 5.74) is 14.0. The lowest BCUT2D eigenvalue weighted by atomic mass is 10.0. The number of nitrogens with two attached hydrogens (primary N) is 2. The third-order valence-electron chi connectivity index (χ3n) is 2.74. The molecule has 0 aliphatic carbocycles. The minimum atomic E-state index is 0.145. The molecule has 0 aliphatic heterocycles. The summed E-state index contributed by atoms with van der Waals surface area (Å²) < 4.78 is 0. The Balaban J connectivity index is 2.74. The Morgan fingerprint density at radius 3 is 2.52 bits per heavy atom. The number of hydrogen-bond donors (Lipinski definition) is 2. The second kappa shape index (κ2) is 6.60. The van der Waals surface area contributed by atoms with Gasteiger partial charge in [-0.25, -0.2) is 9.97 Å². The first-order valence-corrected chi connectivity index (χ1v) is 7.55. The van der Waals surface area contributed by atoms with Crippen LogP contribution in [0.5, 0.6) is 0 Å². The summed E-state index contributed by atoms with van der Waals surface area (Å²) in [6, 6.07) is 7.12. The normalized spacial score (nSPS) is 11.4. The van der Waals surface area contributed by atoms with Crippen LogP contribution in [0.25, 0.3) is 17.0 Å². The monoisotopic (exact) mass is 320 g/mol. The van der Waals surface area contributed by atoms with Crippen LogP contribution in [0.2, 0.25) is 5.02 Å². The van der Waals surface area contributed by atoms with Gasteiger partial charge in [0.05, 0.1) is 11.3 Å². The molecule has 0 fully saturated rings. The highest BCUT2D eigenvalue weighted by Gasteiger charge is 2.16. The fourth-order valence-corrected chi connectivity index (χ4v) is 2.57. The van der Waals surface area contributed by atoms with Crippen LogP contribution in [0.4, 0.5) is 5.95 Å². The first-order chi connectivity index (χ1) is 10.1. The maximum atomic E-state index is 10.7. The summed E-state index contributed by atoms with van der Waals surface area (Å²) in [7, 11) is 0. The van der Waals surface area contributed by atoms with Crippen molar-refractivity contribution in [3.63, 3.8) is 0 Å². The van der Waals surface area contributed by atoms with E-state index in [-0.39, 0.29) is 5.95 Å². The summed E-state index contributed by atoms with van der Waals surface area (Å²) in [4.78, 5) is 19.1. The largest absolute Gasteiger partial charge is 0.398 e. The summed E-state index contributed by atoms with van der Waals surface area (Å²) >= 11 is 7.28. The number of hydrogen-bond acceptors (Lipinski definition) is 6.